The molecule has 0 atom stereocenters. The van der Waals surface area contributed by atoms with Gasteiger partial charge in [0.25, 0.3) is 5.91 Å². The molecule has 0 spiro atoms. The molecule has 29 heavy (non-hydrogen) atoms. The van der Waals surface area contributed by atoms with Gasteiger partial charge in [-0.25, -0.2) is 0 Å². The van der Waals surface area contributed by atoms with Crippen molar-refractivity contribution in [1.82, 2.24) is 9.78 Å². The summed E-state index contributed by atoms with van der Waals surface area (Å²) < 4.78 is 79.1. The third kappa shape index (κ3) is 4.41. The molecule has 0 fully saturated rings. The fourth-order valence-corrected chi connectivity index (χ4v) is 2.76. The Morgan fingerprint density at radius 1 is 0.966 bits per heavy atom. The lowest BCUT2D eigenvalue weighted by molar-refractivity contribution is -0.141. The zero-order valence-electron chi connectivity index (χ0n) is 14.8. The number of hydrogen-bond donors (Lipinski definition) is 1. The molecule has 0 saturated heterocycles. The van der Waals surface area contributed by atoms with Crippen molar-refractivity contribution in [3.8, 4) is 11.1 Å². The third-order valence-electron chi connectivity index (χ3n) is 4.02. The zero-order chi connectivity index (χ0) is 21.4. The number of halogens is 6. The molecule has 1 N–H and O–H groups in total. The number of carbonyl (C=O) groups excluding carboxylic acids is 1. The lowest BCUT2D eigenvalue weighted by Gasteiger charge is -2.13. The second-order valence-electron chi connectivity index (χ2n) is 6.14. The zero-order valence-corrected chi connectivity index (χ0v) is 14.8. The molecule has 4 nitrogen and oxygen atoms in total. The van der Waals surface area contributed by atoms with E-state index in [2.05, 4.69) is 10.4 Å². The summed E-state index contributed by atoms with van der Waals surface area (Å²) in [7, 11) is 1.24. The second kappa shape index (κ2) is 7.26. The van der Waals surface area contributed by atoms with Gasteiger partial charge in [0.05, 0.1) is 11.1 Å². The van der Waals surface area contributed by atoms with E-state index in [1.807, 2.05) is 0 Å². The predicted molar refractivity (Wildman–Crippen MR) is 93.0 cm³/mol. The van der Waals surface area contributed by atoms with E-state index in [4.69, 9.17) is 0 Å². The molecule has 0 unspecified atom stereocenters. The highest BCUT2D eigenvalue weighted by Gasteiger charge is 2.39. The number of carbonyl (C=O) groups is 1. The maximum atomic E-state index is 13.1. The van der Waals surface area contributed by atoms with Gasteiger partial charge in [-0.3, -0.25) is 9.48 Å². The van der Waals surface area contributed by atoms with Crippen LogP contribution in [0, 0.1) is 0 Å². The lowest BCUT2D eigenvalue weighted by Crippen LogP contribution is -2.18. The molecule has 3 rings (SSSR count). The summed E-state index contributed by atoms with van der Waals surface area (Å²) in [5.74, 6) is -1.08. The first kappa shape index (κ1) is 20.4. The normalized spacial score (nSPS) is 12.1. The van der Waals surface area contributed by atoms with Crippen molar-refractivity contribution in [3.05, 3.63) is 71.5 Å². The van der Waals surface area contributed by atoms with Crippen LogP contribution < -0.4 is 5.32 Å². The van der Waals surface area contributed by atoms with E-state index in [0.29, 0.717) is 0 Å². The molecular weight excluding hydrogens is 400 g/mol. The monoisotopic (exact) mass is 413 g/mol. The van der Waals surface area contributed by atoms with E-state index < -0.39 is 35.1 Å². The second-order valence-corrected chi connectivity index (χ2v) is 6.14. The summed E-state index contributed by atoms with van der Waals surface area (Å²) >= 11 is 0. The molecule has 1 amide bonds. The van der Waals surface area contributed by atoms with Crippen LogP contribution in [-0.2, 0) is 19.4 Å². The molecule has 0 aliphatic heterocycles. The molecule has 1 aromatic heterocycles. The van der Waals surface area contributed by atoms with Crippen LogP contribution in [0.3, 0.4) is 0 Å². The molecule has 0 bridgehead atoms. The quantitative estimate of drug-likeness (QED) is 0.587. The fourth-order valence-electron chi connectivity index (χ4n) is 2.76. The molecule has 1 heterocycles. The summed E-state index contributed by atoms with van der Waals surface area (Å²) in [6, 6.07) is 10.3. The highest BCUT2D eigenvalue weighted by Crippen LogP contribution is 2.35. The summed E-state index contributed by atoms with van der Waals surface area (Å²) in [6.07, 6.45) is -8.48. The van der Waals surface area contributed by atoms with E-state index >= 15 is 0 Å². The van der Waals surface area contributed by atoms with Gasteiger partial charge in [0.1, 0.15) is 0 Å². The van der Waals surface area contributed by atoms with Crippen molar-refractivity contribution >= 4 is 11.6 Å². The molecule has 0 saturated carbocycles. The van der Waals surface area contributed by atoms with Crippen LogP contribution >= 0.6 is 0 Å². The Morgan fingerprint density at radius 3 is 2.31 bits per heavy atom. The molecule has 0 radical (unpaired) electrons. The van der Waals surface area contributed by atoms with Crippen molar-refractivity contribution in [2.24, 2.45) is 7.05 Å². The molecule has 152 valence electrons. The number of amides is 1. The van der Waals surface area contributed by atoms with Gasteiger partial charge in [0.15, 0.2) is 5.69 Å². The molecule has 0 aliphatic rings. The van der Waals surface area contributed by atoms with Gasteiger partial charge in [-0.1, -0.05) is 30.3 Å². The van der Waals surface area contributed by atoms with Crippen molar-refractivity contribution in [3.63, 3.8) is 0 Å². The minimum absolute atomic E-state index is 0.0637. The van der Waals surface area contributed by atoms with Crippen LogP contribution in [-0.4, -0.2) is 15.7 Å². The largest absolute Gasteiger partial charge is 0.435 e. The minimum Gasteiger partial charge on any atom is -0.321 e. The predicted octanol–water partition coefficient (Wildman–Crippen LogP) is 5.38. The Kier molecular flexibility index (Phi) is 5.12. The molecule has 3 aromatic rings. The van der Waals surface area contributed by atoms with Gasteiger partial charge in [-0.05, 0) is 23.8 Å². The number of benzene rings is 2. The van der Waals surface area contributed by atoms with Crippen LogP contribution in [0.15, 0.2) is 54.7 Å². The number of nitrogens with zero attached hydrogens (tertiary/aromatic N) is 2. The molecule has 10 heteroatoms. The fraction of sp³-hybridized carbons (Fsp3) is 0.158. The smallest absolute Gasteiger partial charge is 0.321 e. The number of aryl methyl sites for hydroxylation is 1. The Balaban J connectivity index is 1.99. The Hall–Kier alpha value is -3.30. The standard InChI is InChI=1S/C19H13F6N3O/c1-28-10-14(16(27-28)19(23,24)25)17(29)26-15-8-3-2-7-13(15)11-5-4-6-12(9-11)18(20,21)22/h2-10H,1H3,(H,26,29). The first-order valence-electron chi connectivity index (χ1n) is 8.15. The highest BCUT2D eigenvalue weighted by molar-refractivity contribution is 6.07. The van der Waals surface area contributed by atoms with Gasteiger partial charge >= 0.3 is 12.4 Å². The van der Waals surface area contributed by atoms with E-state index in [1.165, 1.54) is 43.4 Å². The van der Waals surface area contributed by atoms with Gasteiger partial charge in [0.2, 0.25) is 0 Å². The number of aromatic nitrogens is 2. The first-order chi connectivity index (χ1) is 13.5. The average Bonchev–Trinajstić information content (AvgIpc) is 3.04. The SMILES string of the molecule is Cn1cc(C(=O)Nc2ccccc2-c2cccc(C(F)(F)F)c2)c(C(F)(F)F)n1. The molecular formula is C19H13F6N3O. The van der Waals surface area contributed by atoms with E-state index in [1.54, 1.807) is 0 Å². The lowest BCUT2D eigenvalue weighted by atomic mass is 10.0. The van der Waals surface area contributed by atoms with Crippen molar-refractivity contribution < 1.29 is 31.1 Å². The van der Waals surface area contributed by atoms with E-state index in [0.717, 1.165) is 23.0 Å². The maximum Gasteiger partial charge on any atom is 0.435 e. The highest BCUT2D eigenvalue weighted by atomic mass is 19.4. The minimum atomic E-state index is -4.84. The van der Waals surface area contributed by atoms with Crippen molar-refractivity contribution in [2.45, 2.75) is 12.4 Å². The van der Waals surface area contributed by atoms with Crippen LogP contribution in [0.4, 0.5) is 32.0 Å². The van der Waals surface area contributed by atoms with Crippen molar-refractivity contribution in [2.75, 3.05) is 5.32 Å². The van der Waals surface area contributed by atoms with Crippen LogP contribution in [0.25, 0.3) is 11.1 Å². The Labute approximate surface area is 160 Å². The van der Waals surface area contributed by atoms with Crippen molar-refractivity contribution in [1.29, 1.82) is 0 Å². The van der Waals surface area contributed by atoms with Crippen LogP contribution in [0.1, 0.15) is 21.6 Å². The Morgan fingerprint density at radius 2 is 1.66 bits per heavy atom. The number of rotatable bonds is 3. The average molecular weight is 413 g/mol. The number of hydrogen-bond acceptors (Lipinski definition) is 2. The first-order valence-corrected chi connectivity index (χ1v) is 8.15. The summed E-state index contributed by atoms with van der Waals surface area (Å²) in [5, 5.41) is 5.61. The number of anilines is 1. The van der Waals surface area contributed by atoms with Crippen LogP contribution in [0.5, 0.6) is 0 Å². The van der Waals surface area contributed by atoms with Gasteiger partial charge in [-0.2, -0.15) is 31.4 Å². The molecule has 2 aromatic carbocycles. The number of alkyl halides is 6. The summed E-state index contributed by atoms with van der Waals surface area (Å²) in [6.45, 7) is 0. The Bertz CT molecular complexity index is 1050. The van der Waals surface area contributed by atoms with Crippen LogP contribution in [0.2, 0.25) is 0 Å². The maximum absolute atomic E-state index is 13.1. The number of para-hydroxylation sites is 1. The van der Waals surface area contributed by atoms with Gasteiger partial charge in [0, 0.05) is 24.5 Å². The van der Waals surface area contributed by atoms with Gasteiger partial charge in [-0.15, -0.1) is 0 Å². The summed E-state index contributed by atoms with van der Waals surface area (Å²) in [4.78, 5) is 12.5. The number of nitrogens with one attached hydrogen (secondary N) is 1. The molecule has 0 aliphatic carbocycles. The third-order valence-corrected chi connectivity index (χ3v) is 4.02. The van der Waals surface area contributed by atoms with Gasteiger partial charge < -0.3 is 5.32 Å². The van der Waals surface area contributed by atoms with E-state index in [9.17, 15) is 31.1 Å². The van der Waals surface area contributed by atoms with E-state index in [-0.39, 0.29) is 16.8 Å². The topological polar surface area (TPSA) is 46.9 Å². The summed E-state index contributed by atoms with van der Waals surface area (Å²) in [5.41, 5.74) is -2.49.